The lowest BCUT2D eigenvalue weighted by molar-refractivity contribution is 0.0501. The van der Waals surface area contributed by atoms with Crippen molar-refractivity contribution in [3.05, 3.63) is 52.5 Å². The molecule has 2 aromatic rings. The van der Waals surface area contributed by atoms with E-state index in [1.807, 2.05) is 24.4 Å². The van der Waals surface area contributed by atoms with Crippen LogP contribution in [0.4, 0.5) is 0 Å². The first kappa shape index (κ1) is 17.2. The van der Waals surface area contributed by atoms with Crippen LogP contribution in [0.3, 0.4) is 0 Å². The highest BCUT2D eigenvalue weighted by Gasteiger charge is 2.49. The number of aromatic nitrogens is 1. The van der Waals surface area contributed by atoms with Crippen LogP contribution in [0.15, 0.2) is 41.2 Å². The first-order valence-corrected chi connectivity index (χ1v) is 10.1. The van der Waals surface area contributed by atoms with Gasteiger partial charge in [-0.1, -0.05) is 6.07 Å². The van der Waals surface area contributed by atoms with Crippen LogP contribution in [-0.4, -0.2) is 54.6 Å². The van der Waals surface area contributed by atoms with Gasteiger partial charge >= 0.3 is 0 Å². The zero-order valence-electron chi connectivity index (χ0n) is 14.9. The third kappa shape index (κ3) is 3.95. The summed E-state index contributed by atoms with van der Waals surface area (Å²) in [4.78, 5) is 9.48. The monoisotopic (exact) mass is 357 g/mol. The Bertz CT molecular complexity index is 663. The van der Waals surface area contributed by atoms with E-state index in [1.54, 1.807) is 11.3 Å². The van der Waals surface area contributed by atoms with Gasteiger partial charge in [-0.3, -0.25) is 9.88 Å². The van der Waals surface area contributed by atoms with Gasteiger partial charge in [-0.05, 0) is 54.5 Å². The summed E-state index contributed by atoms with van der Waals surface area (Å²) >= 11 is 1.80. The minimum atomic E-state index is 0.398. The van der Waals surface area contributed by atoms with Crippen LogP contribution in [0.2, 0.25) is 0 Å². The minimum Gasteiger partial charge on any atom is -0.375 e. The molecule has 4 rings (SSSR count). The standard InChI is InChI=1S/C20H27N3OS/c1-22-11-18(12-24-13-19-4-2-3-7-21-19)20(15-22)6-8-23(16-20)10-17-5-9-25-14-17/h2-5,7,9,14,18H,6,8,10-13,15-16H2,1H3/t18-,20-/m0/s1. The van der Waals surface area contributed by atoms with Crippen molar-refractivity contribution < 1.29 is 4.74 Å². The lowest BCUT2D eigenvalue weighted by Crippen LogP contribution is -2.36. The molecular formula is C20H27N3OS. The smallest absolute Gasteiger partial charge is 0.0887 e. The van der Waals surface area contributed by atoms with Crippen molar-refractivity contribution in [2.75, 3.05) is 39.8 Å². The van der Waals surface area contributed by atoms with Gasteiger partial charge in [-0.2, -0.15) is 11.3 Å². The van der Waals surface area contributed by atoms with Gasteiger partial charge in [-0.15, -0.1) is 0 Å². The summed E-state index contributed by atoms with van der Waals surface area (Å²) in [7, 11) is 2.25. The molecule has 2 saturated heterocycles. The van der Waals surface area contributed by atoms with Gasteiger partial charge in [0.25, 0.3) is 0 Å². The Hall–Kier alpha value is -1.27. The van der Waals surface area contributed by atoms with E-state index in [1.165, 1.54) is 31.6 Å². The van der Waals surface area contributed by atoms with Crippen molar-refractivity contribution in [3.63, 3.8) is 0 Å². The predicted molar refractivity (Wildman–Crippen MR) is 102 cm³/mol. The molecule has 2 fully saturated rings. The number of likely N-dealkylation sites (tertiary alicyclic amines) is 2. The third-order valence-electron chi connectivity index (χ3n) is 5.73. The number of hydrogen-bond donors (Lipinski definition) is 0. The van der Waals surface area contributed by atoms with Gasteiger partial charge in [-0.25, -0.2) is 0 Å². The summed E-state index contributed by atoms with van der Waals surface area (Å²) in [6.07, 6.45) is 3.13. The molecule has 0 aliphatic carbocycles. The zero-order valence-corrected chi connectivity index (χ0v) is 15.8. The second-order valence-corrected chi connectivity index (χ2v) is 8.46. The van der Waals surface area contributed by atoms with E-state index in [0.717, 1.165) is 25.4 Å². The molecule has 2 aliphatic rings. The molecule has 0 saturated carbocycles. The number of pyridine rings is 1. The van der Waals surface area contributed by atoms with E-state index in [-0.39, 0.29) is 0 Å². The van der Waals surface area contributed by atoms with Gasteiger partial charge in [0.15, 0.2) is 0 Å². The zero-order chi connectivity index (χ0) is 17.1. The highest BCUT2D eigenvalue weighted by Crippen LogP contribution is 2.44. The molecule has 5 heteroatoms. The maximum Gasteiger partial charge on any atom is 0.0887 e. The summed E-state index contributed by atoms with van der Waals surface area (Å²) in [5.74, 6) is 0.619. The predicted octanol–water partition coefficient (Wildman–Crippen LogP) is 3.11. The van der Waals surface area contributed by atoms with Crippen molar-refractivity contribution in [3.8, 4) is 0 Å². The minimum absolute atomic E-state index is 0.398. The molecular weight excluding hydrogens is 330 g/mol. The maximum atomic E-state index is 6.07. The molecule has 2 aromatic heterocycles. The maximum absolute atomic E-state index is 6.07. The number of hydrogen-bond acceptors (Lipinski definition) is 5. The fourth-order valence-corrected chi connectivity index (χ4v) is 5.20. The molecule has 1 spiro atoms. The van der Waals surface area contributed by atoms with E-state index in [4.69, 9.17) is 4.74 Å². The largest absolute Gasteiger partial charge is 0.375 e. The highest BCUT2D eigenvalue weighted by atomic mass is 32.1. The van der Waals surface area contributed by atoms with Crippen LogP contribution in [-0.2, 0) is 17.9 Å². The van der Waals surface area contributed by atoms with E-state index in [0.29, 0.717) is 17.9 Å². The second-order valence-electron chi connectivity index (χ2n) is 7.68. The Morgan fingerprint density at radius 1 is 1.32 bits per heavy atom. The molecule has 25 heavy (non-hydrogen) atoms. The van der Waals surface area contributed by atoms with Crippen molar-refractivity contribution in [2.24, 2.45) is 11.3 Å². The Kier molecular flexibility index (Phi) is 5.17. The van der Waals surface area contributed by atoms with Gasteiger partial charge in [0.1, 0.15) is 0 Å². The topological polar surface area (TPSA) is 28.6 Å². The molecule has 0 aromatic carbocycles. The van der Waals surface area contributed by atoms with E-state index < -0.39 is 0 Å². The average Bonchev–Trinajstić information content (AvgIpc) is 3.32. The molecule has 0 unspecified atom stereocenters. The molecule has 0 N–H and O–H groups in total. The van der Waals surface area contributed by atoms with Crippen molar-refractivity contribution in [1.29, 1.82) is 0 Å². The van der Waals surface area contributed by atoms with Crippen LogP contribution in [0.1, 0.15) is 17.7 Å². The number of nitrogens with zero attached hydrogens (tertiary/aromatic N) is 3. The second kappa shape index (κ2) is 7.54. The van der Waals surface area contributed by atoms with Crippen LogP contribution in [0.5, 0.6) is 0 Å². The van der Waals surface area contributed by atoms with E-state index in [2.05, 4.69) is 38.7 Å². The SMILES string of the molecule is CN1C[C@@H](COCc2ccccn2)[C@@]2(CCN(Cc3ccsc3)C2)C1. The Morgan fingerprint density at radius 2 is 2.28 bits per heavy atom. The molecule has 134 valence electrons. The quantitative estimate of drug-likeness (QED) is 0.794. The molecule has 4 heterocycles. The molecule has 0 radical (unpaired) electrons. The van der Waals surface area contributed by atoms with Gasteiger partial charge in [0.05, 0.1) is 18.9 Å². The van der Waals surface area contributed by atoms with Crippen LogP contribution < -0.4 is 0 Å². The molecule has 2 aliphatic heterocycles. The molecule has 0 amide bonds. The summed E-state index contributed by atoms with van der Waals surface area (Å²) in [5, 5.41) is 4.46. The third-order valence-corrected chi connectivity index (χ3v) is 6.46. The average molecular weight is 358 g/mol. The summed E-state index contributed by atoms with van der Waals surface area (Å²) in [6, 6.07) is 8.26. The summed E-state index contributed by atoms with van der Waals surface area (Å²) in [5.41, 5.74) is 2.87. The fourth-order valence-electron chi connectivity index (χ4n) is 4.54. The number of ether oxygens (including phenoxy) is 1. The fraction of sp³-hybridized carbons (Fsp3) is 0.550. The van der Waals surface area contributed by atoms with Gasteiger partial charge in [0.2, 0.25) is 0 Å². The lowest BCUT2D eigenvalue weighted by atomic mass is 9.77. The first-order chi connectivity index (χ1) is 12.2. The van der Waals surface area contributed by atoms with E-state index in [9.17, 15) is 0 Å². The first-order valence-electron chi connectivity index (χ1n) is 9.13. The van der Waals surface area contributed by atoms with Crippen molar-refractivity contribution in [1.82, 2.24) is 14.8 Å². The van der Waals surface area contributed by atoms with Crippen LogP contribution in [0, 0.1) is 11.3 Å². The Morgan fingerprint density at radius 3 is 3.08 bits per heavy atom. The summed E-state index contributed by atoms with van der Waals surface area (Å²) < 4.78 is 6.07. The Labute approximate surface area is 154 Å². The highest BCUT2D eigenvalue weighted by molar-refractivity contribution is 7.07. The van der Waals surface area contributed by atoms with Crippen molar-refractivity contribution >= 4 is 11.3 Å². The number of thiophene rings is 1. The lowest BCUT2D eigenvalue weighted by Gasteiger charge is -2.30. The molecule has 0 bridgehead atoms. The normalized spacial score (nSPS) is 27.5. The van der Waals surface area contributed by atoms with Crippen LogP contribution in [0.25, 0.3) is 0 Å². The molecule has 4 nitrogen and oxygen atoms in total. The van der Waals surface area contributed by atoms with E-state index >= 15 is 0 Å². The van der Waals surface area contributed by atoms with Gasteiger partial charge in [0, 0.05) is 43.7 Å². The van der Waals surface area contributed by atoms with Gasteiger partial charge < -0.3 is 9.64 Å². The Balaban J connectivity index is 1.34. The molecule has 2 atom stereocenters. The van der Waals surface area contributed by atoms with Crippen molar-refractivity contribution in [2.45, 2.75) is 19.6 Å². The summed E-state index contributed by atoms with van der Waals surface area (Å²) in [6.45, 7) is 7.31. The number of rotatable bonds is 6. The van der Waals surface area contributed by atoms with Crippen LogP contribution >= 0.6 is 11.3 Å².